The van der Waals surface area contributed by atoms with Crippen LogP contribution >= 0.6 is 0 Å². The van der Waals surface area contributed by atoms with Gasteiger partial charge in [0.1, 0.15) is 24.0 Å². The van der Waals surface area contributed by atoms with Crippen LogP contribution in [0.4, 0.5) is 8.78 Å². The normalized spacial score (nSPS) is 12.5. The number of hydrogen-bond donors (Lipinski definition) is 2. The summed E-state index contributed by atoms with van der Waals surface area (Å²) in [6, 6.07) is 26.9. The van der Waals surface area contributed by atoms with Gasteiger partial charge >= 0.3 is 0 Å². The maximum absolute atomic E-state index is 13.8. The first-order valence-corrected chi connectivity index (χ1v) is 13.3. The van der Waals surface area contributed by atoms with Crippen molar-refractivity contribution in [1.29, 1.82) is 0 Å². The van der Waals surface area contributed by atoms with Gasteiger partial charge in [-0.2, -0.15) is 0 Å². The fourth-order valence-electron chi connectivity index (χ4n) is 4.53. The summed E-state index contributed by atoms with van der Waals surface area (Å²) < 4.78 is 33.2. The Balaban J connectivity index is 1.52. The highest BCUT2D eigenvalue weighted by atomic mass is 19.1. The summed E-state index contributed by atoms with van der Waals surface area (Å²) in [5, 5.41) is 11.0. The van der Waals surface area contributed by atoms with Gasteiger partial charge in [0.05, 0.1) is 6.10 Å². The van der Waals surface area contributed by atoms with Crippen molar-refractivity contribution in [3.8, 4) is 5.75 Å². The largest absolute Gasteiger partial charge is 0.489 e. The summed E-state index contributed by atoms with van der Waals surface area (Å²) in [5.74, 6) is -1.17. The Labute approximate surface area is 233 Å². The SMILES string of the molecule is CCc1cccc(CN(C[C@@H](O)[C@@H](N)Cc2cc(F)cc(F)c2)C(=O)c2cccc(OCc3ccccc3)c2)c1. The third kappa shape index (κ3) is 8.21. The number of benzene rings is 4. The molecule has 2 atom stereocenters. The number of rotatable bonds is 12. The van der Waals surface area contributed by atoms with Crippen molar-refractivity contribution >= 4 is 5.91 Å². The van der Waals surface area contributed by atoms with E-state index in [0.29, 0.717) is 23.5 Å². The Morgan fingerprint density at radius 2 is 1.52 bits per heavy atom. The lowest BCUT2D eigenvalue weighted by Gasteiger charge is -2.28. The highest BCUT2D eigenvalue weighted by molar-refractivity contribution is 5.94. The molecule has 4 rings (SSSR count). The summed E-state index contributed by atoms with van der Waals surface area (Å²) in [5.41, 5.74) is 10.0. The predicted molar refractivity (Wildman–Crippen MR) is 152 cm³/mol. The average molecular weight is 545 g/mol. The van der Waals surface area contributed by atoms with Crippen LogP contribution in [0.1, 0.15) is 39.5 Å². The summed E-state index contributed by atoms with van der Waals surface area (Å²) in [6.45, 7) is 2.60. The number of carbonyl (C=O) groups is 1. The topological polar surface area (TPSA) is 75.8 Å². The van der Waals surface area contributed by atoms with Crippen molar-refractivity contribution in [2.24, 2.45) is 5.73 Å². The number of aliphatic hydroxyl groups is 1. The first kappa shape index (κ1) is 28.9. The van der Waals surface area contributed by atoms with Crippen molar-refractivity contribution in [2.75, 3.05) is 6.54 Å². The van der Waals surface area contributed by atoms with Crippen molar-refractivity contribution in [1.82, 2.24) is 4.90 Å². The minimum absolute atomic E-state index is 0.0476. The van der Waals surface area contributed by atoms with Gasteiger partial charge in [0, 0.05) is 30.8 Å². The van der Waals surface area contributed by atoms with Crippen LogP contribution in [-0.2, 0) is 26.0 Å². The van der Waals surface area contributed by atoms with E-state index in [4.69, 9.17) is 10.5 Å². The Morgan fingerprint density at radius 1 is 0.850 bits per heavy atom. The molecule has 0 fully saturated rings. The highest BCUT2D eigenvalue weighted by Crippen LogP contribution is 2.20. The first-order chi connectivity index (χ1) is 19.3. The molecule has 0 saturated heterocycles. The molecule has 0 unspecified atom stereocenters. The molecule has 40 heavy (non-hydrogen) atoms. The second-order valence-corrected chi connectivity index (χ2v) is 9.87. The third-order valence-corrected chi connectivity index (χ3v) is 6.69. The quantitative estimate of drug-likeness (QED) is 0.241. The number of halogens is 2. The first-order valence-electron chi connectivity index (χ1n) is 13.3. The van der Waals surface area contributed by atoms with Gasteiger partial charge < -0.3 is 20.5 Å². The maximum atomic E-state index is 13.8. The molecule has 0 aliphatic carbocycles. The zero-order chi connectivity index (χ0) is 28.5. The lowest BCUT2D eigenvalue weighted by Crippen LogP contribution is -2.46. The van der Waals surface area contributed by atoms with Crippen LogP contribution in [0.3, 0.4) is 0 Å². The summed E-state index contributed by atoms with van der Waals surface area (Å²) in [4.78, 5) is 15.3. The van der Waals surface area contributed by atoms with Crippen molar-refractivity contribution in [2.45, 2.75) is 45.1 Å². The van der Waals surface area contributed by atoms with Gasteiger partial charge in [-0.3, -0.25) is 4.79 Å². The second kappa shape index (κ2) is 13.8. The zero-order valence-corrected chi connectivity index (χ0v) is 22.5. The minimum atomic E-state index is -1.14. The molecule has 5 nitrogen and oxygen atoms in total. The van der Waals surface area contributed by atoms with E-state index in [1.807, 2.05) is 54.6 Å². The number of aryl methyl sites for hydroxylation is 1. The average Bonchev–Trinajstić information content (AvgIpc) is 2.95. The molecule has 0 aromatic heterocycles. The molecule has 0 spiro atoms. The molecule has 0 heterocycles. The third-order valence-electron chi connectivity index (χ3n) is 6.69. The second-order valence-electron chi connectivity index (χ2n) is 9.87. The number of nitrogens with two attached hydrogens (primary N) is 1. The number of nitrogens with zero attached hydrogens (tertiary/aromatic N) is 1. The monoisotopic (exact) mass is 544 g/mol. The van der Waals surface area contributed by atoms with Crippen LogP contribution in [0.5, 0.6) is 5.75 Å². The number of hydrogen-bond acceptors (Lipinski definition) is 4. The fraction of sp³-hybridized carbons (Fsp3) is 0.242. The van der Waals surface area contributed by atoms with E-state index in [1.165, 1.54) is 12.1 Å². The minimum Gasteiger partial charge on any atom is -0.489 e. The maximum Gasteiger partial charge on any atom is 0.254 e. The van der Waals surface area contributed by atoms with Gasteiger partial charge in [0.15, 0.2) is 0 Å². The van der Waals surface area contributed by atoms with E-state index in [2.05, 4.69) is 6.92 Å². The predicted octanol–water partition coefficient (Wildman–Crippen LogP) is 5.68. The van der Waals surface area contributed by atoms with Gasteiger partial charge in [-0.15, -0.1) is 0 Å². The van der Waals surface area contributed by atoms with E-state index in [1.54, 1.807) is 29.2 Å². The standard InChI is InChI=1S/C33H34F2N2O3/c1-2-23-10-6-11-25(14-23)20-37(21-32(38)31(36)17-26-15-28(34)19-29(35)16-26)33(39)27-12-7-13-30(18-27)40-22-24-8-4-3-5-9-24/h3-16,18-19,31-32,38H,2,17,20-22,36H2,1H3/t31-,32+/m0/s1. The van der Waals surface area contributed by atoms with E-state index in [9.17, 15) is 18.7 Å². The van der Waals surface area contributed by atoms with Crippen LogP contribution in [0.2, 0.25) is 0 Å². The molecule has 0 aliphatic heterocycles. The Kier molecular flexibility index (Phi) is 10.00. The van der Waals surface area contributed by atoms with Gasteiger partial charge in [-0.25, -0.2) is 8.78 Å². The van der Waals surface area contributed by atoms with E-state index in [-0.39, 0.29) is 25.4 Å². The molecular weight excluding hydrogens is 510 g/mol. The van der Waals surface area contributed by atoms with Gasteiger partial charge in [0.2, 0.25) is 0 Å². The summed E-state index contributed by atoms with van der Waals surface area (Å²) in [7, 11) is 0. The van der Waals surface area contributed by atoms with Crippen LogP contribution in [-0.4, -0.2) is 34.6 Å². The van der Waals surface area contributed by atoms with E-state index < -0.39 is 23.8 Å². The number of ether oxygens (including phenoxy) is 1. The molecule has 4 aromatic rings. The molecular formula is C33H34F2N2O3. The van der Waals surface area contributed by atoms with E-state index in [0.717, 1.165) is 29.2 Å². The molecule has 0 radical (unpaired) electrons. The molecule has 1 amide bonds. The van der Waals surface area contributed by atoms with E-state index >= 15 is 0 Å². The molecule has 208 valence electrons. The highest BCUT2D eigenvalue weighted by Gasteiger charge is 2.24. The summed E-state index contributed by atoms with van der Waals surface area (Å²) in [6.07, 6.45) is -0.242. The Bertz CT molecular complexity index is 1390. The zero-order valence-electron chi connectivity index (χ0n) is 22.5. The lowest BCUT2D eigenvalue weighted by molar-refractivity contribution is 0.0554. The van der Waals surface area contributed by atoms with Crippen molar-refractivity contribution in [3.63, 3.8) is 0 Å². The lowest BCUT2D eigenvalue weighted by atomic mass is 10.0. The molecule has 0 saturated carbocycles. The fourth-order valence-corrected chi connectivity index (χ4v) is 4.53. The smallest absolute Gasteiger partial charge is 0.254 e. The summed E-state index contributed by atoms with van der Waals surface area (Å²) >= 11 is 0. The molecule has 4 aromatic carbocycles. The van der Waals surface area contributed by atoms with Gasteiger partial charge in [-0.05, 0) is 65.4 Å². The number of carbonyl (C=O) groups excluding carboxylic acids is 1. The Hall–Kier alpha value is -4.07. The molecule has 0 aliphatic rings. The number of amides is 1. The Morgan fingerprint density at radius 3 is 2.25 bits per heavy atom. The molecule has 3 N–H and O–H groups in total. The van der Waals surface area contributed by atoms with Crippen LogP contribution in [0.25, 0.3) is 0 Å². The number of aliphatic hydroxyl groups excluding tert-OH is 1. The van der Waals surface area contributed by atoms with Gasteiger partial charge in [0.25, 0.3) is 5.91 Å². The van der Waals surface area contributed by atoms with Crippen LogP contribution in [0.15, 0.2) is 97.1 Å². The van der Waals surface area contributed by atoms with Crippen LogP contribution in [0, 0.1) is 11.6 Å². The van der Waals surface area contributed by atoms with Crippen molar-refractivity contribution < 1.29 is 23.4 Å². The molecule has 7 heteroatoms. The molecule has 0 bridgehead atoms. The van der Waals surface area contributed by atoms with Gasteiger partial charge in [-0.1, -0.05) is 67.6 Å². The van der Waals surface area contributed by atoms with Crippen molar-refractivity contribution in [3.05, 3.63) is 137 Å². The van der Waals surface area contributed by atoms with Crippen LogP contribution < -0.4 is 10.5 Å².